The second-order valence-corrected chi connectivity index (χ2v) is 7.36. The number of thiophene rings is 1. The molecular weight excluding hydrogens is 254 g/mol. The monoisotopic (exact) mass is 274 g/mol. The highest BCUT2D eigenvalue weighted by molar-refractivity contribution is 7.12. The van der Waals surface area contributed by atoms with Gasteiger partial charge < -0.3 is 5.11 Å². The zero-order chi connectivity index (χ0) is 13.6. The first-order valence-corrected chi connectivity index (χ1v) is 7.16. The highest BCUT2D eigenvalue weighted by Crippen LogP contribution is 2.43. The molecule has 1 atom stereocenters. The Morgan fingerprint density at radius 2 is 2.06 bits per heavy atom. The molecule has 4 heteroatoms. The van der Waals surface area contributed by atoms with Crippen molar-refractivity contribution in [3.8, 4) is 0 Å². The molecule has 1 heterocycles. The van der Waals surface area contributed by atoms with Crippen molar-refractivity contribution in [2.45, 2.75) is 46.0 Å². The second kappa shape index (κ2) is 4.57. The maximum Gasteiger partial charge on any atom is 0.304 e. The van der Waals surface area contributed by atoms with Gasteiger partial charge in [0.2, 0.25) is 0 Å². The summed E-state index contributed by atoms with van der Waals surface area (Å²) in [5.74, 6) is -2.53. The number of halogens is 2. The van der Waals surface area contributed by atoms with Gasteiger partial charge in [-0.15, -0.1) is 11.3 Å². The van der Waals surface area contributed by atoms with Gasteiger partial charge >= 0.3 is 5.92 Å². The molecule has 2 rings (SSSR count). The van der Waals surface area contributed by atoms with Gasteiger partial charge in [-0.05, 0) is 42.2 Å². The number of aliphatic hydroxyl groups excluding tert-OH is 1. The number of hydrogen-bond donors (Lipinski definition) is 1. The maximum atomic E-state index is 13.5. The Balaban J connectivity index is 2.25. The van der Waals surface area contributed by atoms with Gasteiger partial charge in [0.25, 0.3) is 0 Å². The van der Waals surface area contributed by atoms with Crippen molar-refractivity contribution in [3.63, 3.8) is 0 Å². The molecule has 1 nitrogen and oxygen atoms in total. The van der Waals surface area contributed by atoms with Crippen LogP contribution in [0.25, 0.3) is 0 Å². The SMILES string of the molecule is CC(C)(C)C1CCc2sc(C(F)(F)CO)cc2C1. The van der Waals surface area contributed by atoms with Crippen LogP contribution in [0, 0.1) is 11.3 Å². The Kier molecular flexibility index (Phi) is 3.54. The van der Waals surface area contributed by atoms with E-state index in [1.54, 1.807) is 6.07 Å². The summed E-state index contributed by atoms with van der Waals surface area (Å²) in [6.45, 7) is 5.52. The predicted molar refractivity (Wildman–Crippen MR) is 70.3 cm³/mol. The van der Waals surface area contributed by atoms with Crippen molar-refractivity contribution in [1.82, 2.24) is 0 Å². The second-order valence-electron chi connectivity index (χ2n) is 6.23. The minimum Gasteiger partial charge on any atom is -0.390 e. The molecule has 0 aliphatic heterocycles. The molecule has 0 bridgehead atoms. The molecule has 1 aromatic heterocycles. The minimum absolute atomic E-state index is 0.0181. The molecule has 0 radical (unpaired) electrons. The molecule has 1 aliphatic rings. The van der Waals surface area contributed by atoms with Crippen molar-refractivity contribution < 1.29 is 13.9 Å². The van der Waals surface area contributed by atoms with Gasteiger partial charge in [-0.25, -0.2) is 0 Å². The van der Waals surface area contributed by atoms with E-state index in [-0.39, 0.29) is 10.3 Å². The fourth-order valence-electron chi connectivity index (χ4n) is 2.52. The van der Waals surface area contributed by atoms with Crippen molar-refractivity contribution in [2.75, 3.05) is 6.61 Å². The van der Waals surface area contributed by atoms with Crippen LogP contribution in [0.1, 0.15) is 42.5 Å². The van der Waals surface area contributed by atoms with E-state index in [1.165, 1.54) is 11.3 Å². The Bertz CT molecular complexity index is 431. The van der Waals surface area contributed by atoms with Crippen LogP contribution in [-0.4, -0.2) is 11.7 Å². The Labute approximate surface area is 111 Å². The average Bonchev–Trinajstić information content (AvgIpc) is 2.71. The first-order valence-electron chi connectivity index (χ1n) is 6.35. The van der Waals surface area contributed by atoms with Crippen LogP contribution in [0.15, 0.2) is 6.07 Å². The molecule has 1 N–H and O–H groups in total. The van der Waals surface area contributed by atoms with E-state index >= 15 is 0 Å². The summed E-state index contributed by atoms with van der Waals surface area (Å²) in [6, 6.07) is 1.61. The van der Waals surface area contributed by atoms with Crippen molar-refractivity contribution in [3.05, 3.63) is 21.4 Å². The molecular formula is C14H20F2OS. The molecule has 0 amide bonds. The highest BCUT2D eigenvalue weighted by atomic mass is 32.1. The van der Waals surface area contributed by atoms with Crippen molar-refractivity contribution in [2.24, 2.45) is 11.3 Å². The lowest BCUT2D eigenvalue weighted by molar-refractivity contribution is -0.0524. The lowest BCUT2D eigenvalue weighted by Crippen LogP contribution is -2.26. The number of alkyl halides is 2. The van der Waals surface area contributed by atoms with E-state index in [2.05, 4.69) is 20.8 Å². The first kappa shape index (κ1) is 13.9. The lowest BCUT2D eigenvalue weighted by Gasteiger charge is -2.33. The van der Waals surface area contributed by atoms with Crippen LogP contribution >= 0.6 is 11.3 Å². The van der Waals surface area contributed by atoms with Crippen LogP contribution in [0.2, 0.25) is 0 Å². The van der Waals surface area contributed by atoms with Crippen LogP contribution in [0.3, 0.4) is 0 Å². The fraction of sp³-hybridized carbons (Fsp3) is 0.714. The van der Waals surface area contributed by atoms with Gasteiger partial charge in [0.05, 0.1) is 4.88 Å². The quantitative estimate of drug-likeness (QED) is 0.864. The summed E-state index contributed by atoms with van der Waals surface area (Å²) in [6.07, 6.45) is 2.85. The zero-order valence-electron chi connectivity index (χ0n) is 11.1. The van der Waals surface area contributed by atoms with E-state index in [0.29, 0.717) is 5.92 Å². The van der Waals surface area contributed by atoms with Crippen LogP contribution in [0.5, 0.6) is 0 Å². The number of rotatable bonds is 2. The summed E-state index contributed by atoms with van der Waals surface area (Å²) in [4.78, 5) is 1.10. The van der Waals surface area contributed by atoms with Gasteiger partial charge in [0.15, 0.2) is 0 Å². The fourth-order valence-corrected chi connectivity index (χ4v) is 3.69. The number of fused-ring (bicyclic) bond motifs is 1. The molecule has 102 valence electrons. The van der Waals surface area contributed by atoms with E-state index in [1.807, 2.05) is 0 Å². The molecule has 0 aromatic carbocycles. The summed E-state index contributed by atoms with van der Waals surface area (Å²) in [5.41, 5.74) is 1.29. The van der Waals surface area contributed by atoms with Crippen LogP contribution < -0.4 is 0 Å². The number of aryl methyl sites for hydroxylation is 1. The highest BCUT2D eigenvalue weighted by Gasteiger charge is 2.36. The van der Waals surface area contributed by atoms with Crippen LogP contribution in [0.4, 0.5) is 8.78 Å². The van der Waals surface area contributed by atoms with Gasteiger partial charge in [-0.2, -0.15) is 8.78 Å². The standard InChI is InChI=1S/C14H20F2OS/c1-13(2,3)10-4-5-11-9(6-10)7-12(18-11)14(15,16)8-17/h7,10,17H,4-6,8H2,1-3H3. The van der Waals surface area contributed by atoms with Crippen LogP contribution in [-0.2, 0) is 18.8 Å². The van der Waals surface area contributed by atoms with Gasteiger partial charge in [0.1, 0.15) is 6.61 Å². The van der Waals surface area contributed by atoms with E-state index < -0.39 is 12.5 Å². The molecule has 0 fully saturated rings. The molecule has 0 saturated carbocycles. The third kappa shape index (κ3) is 2.59. The number of aliphatic hydroxyl groups is 1. The first-order chi connectivity index (χ1) is 8.24. The van der Waals surface area contributed by atoms with Crippen molar-refractivity contribution in [1.29, 1.82) is 0 Å². The van der Waals surface area contributed by atoms with E-state index in [9.17, 15) is 8.78 Å². The number of hydrogen-bond acceptors (Lipinski definition) is 2. The van der Waals surface area contributed by atoms with Gasteiger partial charge in [-0.3, -0.25) is 0 Å². The summed E-state index contributed by atoms with van der Waals surface area (Å²) >= 11 is 1.17. The molecule has 18 heavy (non-hydrogen) atoms. The largest absolute Gasteiger partial charge is 0.390 e. The summed E-state index contributed by atoms with van der Waals surface area (Å²) in [5, 5.41) is 8.75. The topological polar surface area (TPSA) is 20.2 Å². The molecule has 1 aromatic rings. The third-order valence-electron chi connectivity index (χ3n) is 3.87. The van der Waals surface area contributed by atoms with E-state index in [4.69, 9.17) is 5.11 Å². The Morgan fingerprint density at radius 1 is 1.39 bits per heavy atom. The Morgan fingerprint density at radius 3 is 2.61 bits per heavy atom. The smallest absolute Gasteiger partial charge is 0.304 e. The molecule has 1 unspecified atom stereocenters. The lowest BCUT2D eigenvalue weighted by atomic mass is 9.72. The van der Waals surface area contributed by atoms with Gasteiger partial charge in [-0.1, -0.05) is 20.8 Å². The maximum absolute atomic E-state index is 13.5. The van der Waals surface area contributed by atoms with E-state index in [0.717, 1.165) is 29.7 Å². The predicted octanol–water partition coefficient (Wildman–Crippen LogP) is 3.98. The minimum atomic E-state index is -3.08. The van der Waals surface area contributed by atoms with Gasteiger partial charge in [0, 0.05) is 4.88 Å². The summed E-state index contributed by atoms with van der Waals surface area (Å²) in [7, 11) is 0. The van der Waals surface area contributed by atoms with Crippen molar-refractivity contribution >= 4 is 11.3 Å². The molecule has 0 saturated heterocycles. The average molecular weight is 274 g/mol. The zero-order valence-corrected chi connectivity index (χ0v) is 11.9. The summed E-state index contributed by atoms with van der Waals surface area (Å²) < 4.78 is 26.9. The normalized spacial score (nSPS) is 20.9. The molecule has 1 aliphatic carbocycles. The third-order valence-corrected chi connectivity index (χ3v) is 5.22. The Hall–Kier alpha value is -0.480. The molecule has 0 spiro atoms.